The molecule has 1 nitrogen and oxygen atoms in total. The Bertz CT molecular complexity index is 701. The van der Waals surface area contributed by atoms with Gasteiger partial charge in [0.15, 0.2) is 0 Å². The number of halogens is 1. The summed E-state index contributed by atoms with van der Waals surface area (Å²) in [5.74, 6) is 0.764. The first kappa shape index (κ1) is 17.0. The molecule has 3 heteroatoms. The van der Waals surface area contributed by atoms with Crippen molar-refractivity contribution in [3.8, 4) is 6.07 Å². The Morgan fingerprint density at radius 3 is 2.61 bits per heavy atom. The molecule has 1 unspecified atom stereocenters. The molecule has 0 amide bonds. The first-order chi connectivity index (χ1) is 11.2. The van der Waals surface area contributed by atoms with Crippen LogP contribution in [-0.4, -0.2) is 15.0 Å². The molecule has 1 atom stereocenters. The second kappa shape index (κ2) is 7.83. The Kier molecular flexibility index (Phi) is 5.80. The molecular formula is C20H20INSe. The van der Waals surface area contributed by atoms with E-state index >= 15 is 0 Å². The molecule has 2 aromatic carbocycles. The van der Waals surface area contributed by atoms with E-state index in [1.54, 1.807) is 0 Å². The number of rotatable bonds is 5. The van der Waals surface area contributed by atoms with E-state index in [2.05, 4.69) is 84.1 Å². The molecule has 23 heavy (non-hydrogen) atoms. The number of benzene rings is 2. The maximum absolute atomic E-state index is 9.61. The quantitative estimate of drug-likeness (QED) is 0.457. The van der Waals surface area contributed by atoms with E-state index < -0.39 is 0 Å². The first-order valence-electron chi connectivity index (χ1n) is 8.02. The van der Waals surface area contributed by atoms with Crippen LogP contribution < -0.4 is 4.46 Å². The molecule has 3 rings (SSSR count). The van der Waals surface area contributed by atoms with E-state index in [4.69, 9.17) is 0 Å². The Morgan fingerprint density at radius 1 is 1.17 bits per heavy atom. The van der Waals surface area contributed by atoms with Crippen molar-refractivity contribution in [1.29, 1.82) is 5.26 Å². The number of nitrogens with zero attached hydrogens (tertiary/aromatic N) is 1. The van der Waals surface area contributed by atoms with Crippen LogP contribution in [0.15, 0.2) is 48.5 Å². The molecule has 0 aromatic heterocycles. The van der Waals surface area contributed by atoms with Crippen LogP contribution in [0.25, 0.3) is 0 Å². The average molecular weight is 480 g/mol. The molecular weight excluding hydrogens is 460 g/mol. The van der Waals surface area contributed by atoms with Gasteiger partial charge in [-0.15, -0.1) is 0 Å². The zero-order chi connectivity index (χ0) is 16.2. The van der Waals surface area contributed by atoms with Crippen molar-refractivity contribution in [2.45, 2.75) is 31.0 Å². The molecule has 0 heterocycles. The van der Waals surface area contributed by atoms with E-state index in [1.165, 1.54) is 32.0 Å². The van der Waals surface area contributed by atoms with E-state index in [0.29, 0.717) is 20.9 Å². The van der Waals surface area contributed by atoms with Crippen molar-refractivity contribution in [3.05, 3.63) is 63.2 Å². The van der Waals surface area contributed by atoms with Crippen LogP contribution >= 0.6 is 22.6 Å². The number of nitriles is 1. The van der Waals surface area contributed by atoms with Crippen LogP contribution in [0.4, 0.5) is 0 Å². The third-order valence-corrected chi connectivity index (χ3v) is 8.82. The molecule has 0 bridgehead atoms. The van der Waals surface area contributed by atoms with Crippen LogP contribution in [0.3, 0.4) is 0 Å². The van der Waals surface area contributed by atoms with Crippen molar-refractivity contribution in [2.24, 2.45) is 11.8 Å². The summed E-state index contributed by atoms with van der Waals surface area (Å²) in [5.41, 5.74) is 2.66. The SMILES string of the molecule is Cc1cccc(CC(C#N)C2CC([Se]c3ccccc3)C2)c1I. The molecule has 0 N–H and O–H groups in total. The van der Waals surface area contributed by atoms with Crippen LogP contribution in [-0.2, 0) is 6.42 Å². The molecule has 0 saturated heterocycles. The third kappa shape index (κ3) is 4.18. The molecule has 2 aromatic rings. The topological polar surface area (TPSA) is 23.8 Å². The first-order valence-corrected chi connectivity index (χ1v) is 10.9. The van der Waals surface area contributed by atoms with Crippen molar-refractivity contribution in [2.75, 3.05) is 0 Å². The molecule has 1 saturated carbocycles. The van der Waals surface area contributed by atoms with Gasteiger partial charge in [-0.25, -0.2) is 0 Å². The third-order valence-electron chi connectivity index (χ3n) is 4.62. The van der Waals surface area contributed by atoms with Crippen LogP contribution in [0.5, 0.6) is 0 Å². The van der Waals surface area contributed by atoms with Gasteiger partial charge in [-0.2, -0.15) is 0 Å². The van der Waals surface area contributed by atoms with E-state index in [0.717, 1.165) is 11.2 Å². The summed E-state index contributed by atoms with van der Waals surface area (Å²) in [6.45, 7) is 2.15. The van der Waals surface area contributed by atoms with Crippen LogP contribution in [0, 0.1) is 33.7 Å². The van der Waals surface area contributed by atoms with Crippen molar-refractivity contribution in [1.82, 2.24) is 0 Å². The van der Waals surface area contributed by atoms with Gasteiger partial charge in [0, 0.05) is 0 Å². The van der Waals surface area contributed by atoms with E-state index in [1.807, 2.05) is 0 Å². The molecule has 0 aliphatic heterocycles. The number of aryl methyl sites for hydroxylation is 1. The summed E-state index contributed by atoms with van der Waals surface area (Å²) in [4.78, 5) is 0.822. The summed E-state index contributed by atoms with van der Waals surface area (Å²) in [6.07, 6.45) is 3.37. The standard InChI is InChI=1S/C20H20INSe/c1-14-6-5-7-15(20(14)21)10-17(13-22)16-11-19(12-16)23-18-8-3-2-4-9-18/h2-9,16-17,19H,10-12H2,1H3. The second-order valence-electron chi connectivity index (χ2n) is 6.27. The van der Waals surface area contributed by atoms with Gasteiger partial charge >= 0.3 is 159 Å². The molecule has 1 fully saturated rings. The molecule has 1 aliphatic rings. The summed E-state index contributed by atoms with van der Waals surface area (Å²) in [5, 5.41) is 9.61. The van der Waals surface area contributed by atoms with Gasteiger partial charge in [0.2, 0.25) is 0 Å². The van der Waals surface area contributed by atoms with Crippen LogP contribution in [0.2, 0.25) is 4.82 Å². The Hall–Kier alpha value is -0.821. The van der Waals surface area contributed by atoms with Crippen molar-refractivity contribution >= 4 is 42.0 Å². The summed E-state index contributed by atoms with van der Waals surface area (Å²) < 4.78 is 2.82. The maximum atomic E-state index is 9.61. The normalized spacial score (nSPS) is 21.3. The summed E-state index contributed by atoms with van der Waals surface area (Å²) in [7, 11) is 0. The Morgan fingerprint density at radius 2 is 1.91 bits per heavy atom. The second-order valence-corrected chi connectivity index (χ2v) is 10.2. The monoisotopic (exact) mass is 481 g/mol. The zero-order valence-corrected chi connectivity index (χ0v) is 17.1. The minimum absolute atomic E-state index is 0.174. The minimum atomic E-state index is 0.174. The van der Waals surface area contributed by atoms with E-state index in [9.17, 15) is 5.26 Å². The fourth-order valence-corrected chi connectivity index (χ4v) is 6.63. The van der Waals surface area contributed by atoms with Gasteiger partial charge in [0.1, 0.15) is 0 Å². The van der Waals surface area contributed by atoms with Crippen molar-refractivity contribution in [3.63, 3.8) is 0 Å². The van der Waals surface area contributed by atoms with Gasteiger partial charge in [-0.1, -0.05) is 0 Å². The van der Waals surface area contributed by atoms with Gasteiger partial charge in [-0.3, -0.25) is 0 Å². The van der Waals surface area contributed by atoms with E-state index in [-0.39, 0.29) is 5.92 Å². The summed E-state index contributed by atoms with van der Waals surface area (Å²) in [6, 6.07) is 19.9. The Balaban J connectivity index is 1.57. The van der Waals surface area contributed by atoms with Gasteiger partial charge in [0.25, 0.3) is 0 Å². The number of hydrogen-bond donors (Lipinski definition) is 0. The van der Waals surface area contributed by atoms with Crippen LogP contribution in [0.1, 0.15) is 24.0 Å². The predicted octanol–water partition coefficient (Wildman–Crippen LogP) is 4.51. The fraction of sp³-hybridized carbons (Fsp3) is 0.350. The van der Waals surface area contributed by atoms with Gasteiger partial charge < -0.3 is 0 Å². The molecule has 1 aliphatic carbocycles. The molecule has 0 spiro atoms. The number of hydrogen-bond acceptors (Lipinski definition) is 1. The van der Waals surface area contributed by atoms with Gasteiger partial charge in [0.05, 0.1) is 0 Å². The van der Waals surface area contributed by atoms with Gasteiger partial charge in [-0.05, 0) is 0 Å². The predicted molar refractivity (Wildman–Crippen MR) is 105 cm³/mol. The van der Waals surface area contributed by atoms with Crippen molar-refractivity contribution < 1.29 is 0 Å². The molecule has 118 valence electrons. The molecule has 0 radical (unpaired) electrons. The fourth-order valence-electron chi connectivity index (χ4n) is 3.14. The Labute approximate surface area is 158 Å². The summed E-state index contributed by atoms with van der Waals surface area (Å²) >= 11 is 2.99. The average Bonchev–Trinajstić information content (AvgIpc) is 2.53. The zero-order valence-electron chi connectivity index (χ0n) is 13.2.